The van der Waals surface area contributed by atoms with Crippen LogP contribution < -0.4 is 0 Å². The summed E-state index contributed by atoms with van der Waals surface area (Å²) in [6.45, 7) is 1.83. The lowest BCUT2D eigenvalue weighted by Crippen LogP contribution is -2.10. The molecular weight excluding hydrogens is 280 g/mol. The van der Waals surface area contributed by atoms with Crippen molar-refractivity contribution in [1.29, 1.82) is 0 Å². The zero-order valence-electron chi connectivity index (χ0n) is 11.1. The third-order valence-electron chi connectivity index (χ3n) is 2.77. The number of aliphatic hydroxyl groups is 1. The molecule has 8 nitrogen and oxygen atoms in total. The topological polar surface area (TPSA) is 116 Å². The van der Waals surface area contributed by atoms with E-state index in [-0.39, 0.29) is 23.6 Å². The summed E-state index contributed by atoms with van der Waals surface area (Å²) in [5.74, 6) is -0.658. The third-order valence-corrected chi connectivity index (χ3v) is 2.77. The first-order chi connectivity index (χ1) is 10.0. The van der Waals surface area contributed by atoms with Gasteiger partial charge in [-0.3, -0.25) is 10.1 Å². The summed E-state index contributed by atoms with van der Waals surface area (Å²) in [4.78, 5) is 21.7. The van der Waals surface area contributed by atoms with E-state index in [0.29, 0.717) is 5.56 Å². The van der Waals surface area contributed by atoms with Crippen molar-refractivity contribution in [3.63, 3.8) is 0 Å². The van der Waals surface area contributed by atoms with Crippen LogP contribution in [0.15, 0.2) is 35.1 Å². The van der Waals surface area contributed by atoms with Crippen LogP contribution in [0.5, 0.6) is 0 Å². The first-order valence-electron chi connectivity index (χ1n) is 6.08. The first kappa shape index (κ1) is 14.7. The molecule has 1 atom stereocenters. The predicted molar refractivity (Wildman–Crippen MR) is 69.6 cm³/mol. The standard InChI is InChI=1S/C13H12N2O6/c1-2-20-13(17)10-7-21-14-11(10)12(16)8-3-5-9(6-4-8)15(18)19/h3-7,12,16H,2H2,1H3/t12-/m1/s1. The minimum absolute atomic E-state index is 0.00213. The van der Waals surface area contributed by atoms with Gasteiger partial charge in [0.1, 0.15) is 23.6 Å². The van der Waals surface area contributed by atoms with E-state index in [9.17, 15) is 20.0 Å². The number of aromatic nitrogens is 1. The molecule has 1 heterocycles. The van der Waals surface area contributed by atoms with E-state index in [4.69, 9.17) is 9.26 Å². The molecule has 0 aliphatic heterocycles. The van der Waals surface area contributed by atoms with Gasteiger partial charge in [-0.1, -0.05) is 5.16 Å². The average Bonchev–Trinajstić information content (AvgIpc) is 2.96. The second kappa shape index (κ2) is 6.14. The highest BCUT2D eigenvalue weighted by molar-refractivity contribution is 5.90. The first-order valence-corrected chi connectivity index (χ1v) is 6.08. The average molecular weight is 292 g/mol. The van der Waals surface area contributed by atoms with Crippen LogP contribution in [0.4, 0.5) is 5.69 Å². The van der Waals surface area contributed by atoms with E-state index in [2.05, 4.69) is 5.16 Å². The fraction of sp³-hybridized carbons (Fsp3) is 0.231. The van der Waals surface area contributed by atoms with Gasteiger partial charge in [-0.05, 0) is 24.6 Å². The van der Waals surface area contributed by atoms with Gasteiger partial charge in [0, 0.05) is 12.1 Å². The van der Waals surface area contributed by atoms with Gasteiger partial charge in [0.15, 0.2) is 0 Å². The molecule has 0 bridgehead atoms. The Kier molecular flexibility index (Phi) is 4.29. The highest BCUT2D eigenvalue weighted by Crippen LogP contribution is 2.25. The lowest BCUT2D eigenvalue weighted by molar-refractivity contribution is -0.384. The highest BCUT2D eigenvalue weighted by atomic mass is 16.6. The molecule has 2 aromatic rings. The summed E-state index contributed by atoms with van der Waals surface area (Å²) in [5.41, 5.74) is 0.266. The molecule has 0 amide bonds. The number of aliphatic hydroxyl groups excluding tert-OH is 1. The lowest BCUT2D eigenvalue weighted by atomic mass is 10.0. The number of carbonyl (C=O) groups is 1. The number of carbonyl (C=O) groups excluding carboxylic acids is 1. The molecular formula is C13H12N2O6. The normalized spacial score (nSPS) is 11.9. The van der Waals surface area contributed by atoms with Crippen LogP contribution in [-0.4, -0.2) is 27.8 Å². The van der Waals surface area contributed by atoms with E-state index in [1.165, 1.54) is 24.3 Å². The van der Waals surface area contributed by atoms with Crippen molar-refractivity contribution in [3.8, 4) is 0 Å². The number of nitrogens with zero attached hydrogens (tertiary/aromatic N) is 2. The largest absolute Gasteiger partial charge is 0.462 e. The van der Waals surface area contributed by atoms with E-state index >= 15 is 0 Å². The maximum atomic E-state index is 11.7. The summed E-state index contributed by atoms with van der Waals surface area (Å²) in [7, 11) is 0. The number of non-ortho nitro benzene ring substituents is 1. The SMILES string of the molecule is CCOC(=O)c1conc1[C@H](O)c1ccc([N+](=O)[O-])cc1. The van der Waals surface area contributed by atoms with Crippen LogP contribution >= 0.6 is 0 Å². The van der Waals surface area contributed by atoms with Crippen molar-refractivity contribution in [2.24, 2.45) is 0 Å². The third kappa shape index (κ3) is 3.06. The molecule has 1 aromatic heterocycles. The molecule has 2 rings (SSSR count). The molecule has 0 fully saturated rings. The second-order valence-electron chi connectivity index (χ2n) is 4.09. The molecule has 0 unspecified atom stereocenters. The van der Waals surface area contributed by atoms with E-state index in [0.717, 1.165) is 6.26 Å². The molecule has 0 aliphatic carbocycles. The molecule has 0 saturated carbocycles. The summed E-state index contributed by atoms with van der Waals surface area (Å²) < 4.78 is 9.52. The van der Waals surface area contributed by atoms with Crippen molar-refractivity contribution < 1.29 is 24.1 Å². The Hall–Kier alpha value is -2.74. The van der Waals surface area contributed by atoms with Gasteiger partial charge in [0.2, 0.25) is 0 Å². The molecule has 0 radical (unpaired) electrons. The summed E-state index contributed by atoms with van der Waals surface area (Å²) in [6, 6.07) is 5.27. The van der Waals surface area contributed by atoms with Crippen LogP contribution in [0, 0.1) is 10.1 Å². The van der Waals surface area contributed by atoms with E-state index < -0.39 is 17.0 Å². The number of hydrogen-bond donors (Lipinski definition) is 1. The summed E-state index contributed by atoms with van der Waals surface area (Å²) >= 11 is 0. The highest BCUT2D eigenvalue weighted by Gasteiger charge is 2.24. The van der Waals surface area contributed by atoms with Crippen molar-refractivity contribution >= 4 is 11.7 Å². The predicted octanol–water partition coefficient (Wildman–Crippen LogP) is 1.84. The fourth-order valence-electron chi connectivity index (χ4n) is 1.74. The second-order valence-corrected chi connectivity index (χ2v) is 4.09. The molecule has 110 valence electrons. The molecule has 0 saturated heterocycles. The van der Waals surface area contributed by atoms with Crippen molar-refractivity contribution in [2.45, 2.75) is 13.0 Å². The van der Waals surface area contributed by atoms with Crippen molar-refractivity contribution in [2.75, 3.05) is 6.61 Å². The van der Waals surface area contributed by atoms with Gasteiger partial charge < -0.3 is 14.4 Å². The molecule has 1 aromatic carbocycles. The van der Waals surface area contributed by atoms with Gasteiger partial charge in [0.05, 0.1) is 11.5 Å². The van der Waals surface area contributed by atoms with E-state index in [1.807, 2.05) is 0 Å². The zero-order chi connectivity index (χ0) is 15.4. The van der Waals surface area contributed by atoms with Crippen LogP contribution in [0.3, 0.4) is 0 Å². The zero-order valence-corrected chi connectivity index (χ0v) is 11.1. The number of nitro benzene ring substituents is 1. The smallest absolute Gasteiger partial charge is 0.343 e. The lowest BCUT2D eigenvalue weighted by Gasteiger charge is -2.09. The molecule has 8 heteroatoms. The Balaban J connectivity index is 2.28. The maximum Gasteiger partial charge on any atom is 0.343 e. The Morgan fingerprint density at radius 2 is 2.14 bits per heavy atom. The number of hydrogen-bond acceptors (Lipinski definition) is 7. The van der Waals surface area contributed by atoms with Crippen molar-refractivity contribution in [3.05, 3.63) is 57.5 Å². The quantitative estimate of drug-likeness (QED) is 0.507. The summed E-state index contributed by atoms with van der Waals surface area (Å²) in [6.07, 6.45) is -0.161. The molecule has 1 N–H and O–H groups in total. The fourth-order valence-corrected chi connectivity index (χ4v) is 1.74. The van der Waals surface area contributed by atoms with Crippen molar-refractivity contribution in [1.82, 2.24) is 5.16 Å². The maximum absolute atomic E-state index is 11.7. The number of nitro groups is 1. The van der Waals surface area contributed by atoms with Gasteiger partial charge in [-0.15, -0.1) is 0 Å². The van der Waals surface area contributed by atoms with Gasteiger partial charge in [0.25, 0.3) is 5.69 Å². The Morgan fingerprint density at radius 3 is 2.71 bits per heavy atom. The van der Waals surface area contributed by atoms with Crippen LogP contribution in [0.2, 0.25) is 0 Å². The van der Waals surface area contributed by atoms with Gasteiger partial charge >= 0.3 is 5.97 Å². The number of rotatable bonds is 5. The molecule has 0 spiro atoms. The van der Waals surface area contributed by atoms with E-state index in [1.54, 1.807) is 6.92 Å². The van der Waals surface area contributed by atoms with Crippen LogP contribution in [-0.2, 0) is 4.74 Å². The Bertz CT molecular complexity index is 649. The minimum atomic E-state index is -1.25. The molecule has 21 heavy (non-hydrogen) atoms. The van der Waals surface area contributed by atoms with Gasteiger partial charge in [-0.2, -0.15) is 0 Å². The van der Waals surface area contributed by atoms with Crippen LogP contribution in [0.1, 0.15) is 34.6 Å². The summed E-state index contributed by atoms with van der Waals surface area (Å²) in [5, 5.41) is 24.4. The van der Waals surface area contributed by atoms with Gasteiger partial charge in [-0.25, -0.2) is 4.79 Å². The number of benzene rings is 1. The Labute approximate surface area is 119 Å². The Morgan fingerprint density at radius 1 is 1.48 bits per heavy atom. The number of esters is 1. The minimum Gasteiger partial charge on any atom is -0.462 e. The number of ether oxygens (including phenoxy) is 1. The monoisotopic (exact) mass is 292 g/mol. The molecule has 0 aliphatic rings. The van der Waals surface area contributed by atoms with Crippen LogP contribution in [0.25, 0.3) is 0 Å².